The molecule has 0 aromatic heterocycles. The minimum absolute atomic E-state index is 0. The van der Waals surface area contributed by atoms with Gasteiger partial charge >= 0.3 is 0 Å². The lowest BCUT2D eigenvalue weighted by atomic mass is 10.1. The summed E-state index contributed by atoms with van der Waals surface area (Å²) in [5.74, 6) is 0.105. The number of aryl methyl sites for hydroxylation is 1. The molecule has 0 radical (unpaired) electrons. The molecule has 5 nitrogen and oxygen atoms in total. The van der Waals surface area contributed by atoms with Crippen LogP contribution in [0.25, 0.3) is 0 Å². The van der Waals surface area contributed by atoms with Crippen LogP contribution in [0, 0.1) is 6.92 Å². The molecule has 154 valence electrons. The Morgan fingerprint density at radius 1 is 1.15 bits per heavy atom. The number of sulfonamides is 1. The van der Waals surface area contributed by atoms with Crippen molar-refractivity contribution in [1.29, 1.82) is 0 Å². The molecule has 1 atom stereocenters. The van der Waals surface area contributed by atoms with Crippen molar-refractivity contribution in [2.45, 2.75) is 50.8 Å². The number of hydrogen-bond donors (Lipinski definition) is 1. The predicted octanol–water partition coefficient (Wildman–Crippen LogP) is 2.79. The maximum Gasteiger partial charge on any atom is 0.218 e. The van der Waals surface area contributed by atoms with Crippen LogP contribution in [0.15, 0.2) is 24.3 Å². The number of halogens is 1. The highest BCUT2D eigenvalue weighted by Gasteiger charge is 2.31. The lowest BCUT2D eigenvalue weighted by Crippen LogP contribution is -2.49. The summed E-state index contributed by atoms with van der Waals surface area (Å²) in [6.07, 6.45) is 5.49. The Balaban J connectivity index is 0.00000261. The van der Waals surface area contributed by atoms with E-state index in [4.69, 9.17) is 0 Å². The van der Waals surface area contributed by atoms with Gasteiger partial charge in [-0.2, -0.15) is 4.31 Å². The Hall–Kier alpha value is -0.660. The topological polar surface area (TPSA) is 52.7 Å². The molecule has 2 saturated heterocycles. The van der Waals surface area contributed by atoms with Crippen LogP contribution in [0.3, 0.4) is 0 Å². The molecule has 1 aromatic carbocycles. The number of likely N-dealkylation sites (tertiary alicyclic amines) is 1. The zero-order valence-electron chi connectivity index (χ0n) is 16.4. The second-order valence-corrected chi connectivity index (χ2v) is 9.68. The van der Waals surface area contributed by atoms with E-state index in [1.165, 1.54) is 25.9 Å². The molecule has 1 N–H and O–H groups in total. The van der Waals surface area contributed by atoms with Crippen LogP contribution < -0.4 is 5.32 Å². The third-order valence-electron chi connectivity index (χ3n) is 5.56. The van der Waals surface area contributed by atoms with Gasteiger partial charge in [0, 0.05) is 19.1 Å². The Bertz CT molecular complexity index is 654. The summed E-state index contributed by atoms with van der Waals surface area (Å²) in [6, 6.07) is 7.95. The molecule has 0 aliphatic carbocycles. The van der Waals surface area contributed by atoms with Crippen LogP contribution in [0.2, 0.25) is 0 Å². The average molecular weight is 416 g/mol. The SMILES string of the molecule is Cc1ccc(CS(=O)(=O)N(CCCN2CCCC2)C2CCCNC2)cc1.Cl. The third-order valence-corrected chi connectivity index (χ3v) is 7.45. The van der Waals surface area contributed by atoms with E-state index in [2.05, 4.69) is 10.2 Å². The molecule has 7 heteroatoms. The lowest BCUT2D eigenvalue weighted by molar-refractivity contribution is 0.246. The van der Waals surface area contributed by atoms with Gasteiger partial charge in [0.1, 0.15) is 0 Å². The fraction of sp³-hybridized carbons (Fsp3) is 0.700. The van der Waals surface area contributed by atoms with E-state index in [9.17, 15) is 8.42 Å². The van der Waals surface area contributed by atoms with E-state index in [-0.39, 0.29) is 24.2 Å². The number of piperidine rings is 1. The van der Waals surface area contributed by atoms with Crippen molar-refractivity contribution in [2.75, 3.05) is 39.3 Å². The summed E-state index contributed by atoms with van der Waals surface area (Å²) < 4.78 is 28.2. The minimum Gasteiger partial charge on any atom is -0.315 e. The summed E-state index contributed by atoms with van der Waals surface area (Å²) in [6.45, 7) is 7.78. The molecule has 0 amide bonds. The number of nitrogens with zero attached hydrogens (tertiary/aromatic N) is 2. The van der Waals surface area contributed by atoms with Gasteiger partial charge in [0.15, 0.2) is 0 Å². The molecule has 2 fully saturated rings. The van der Waals surface area contributed by atoms with E-state index < -0.39 is 10.0 Å². The molecule has 0 saturated carbocycles. The Morgan fingerprint density at radius 3 is 2.48 bits per heavy atom. The van der Waals surface area contributed by atoms with Crippen LogP contribution in [-0.2, 0) is 15.8 Å². The normalized spacial score (nSPS) is 21.3. The van der Waals surface area contributed by atoms with Crippen LogP contribution in [0.5, 0.6) is 0 Å². The molecular weight excluding hydrogens is 382 g/mol. The molecule has 0 spiro atoms. The zero-order chi connectivity index (χ0) is 18.4. The van der Waals surface area contributed by atoms with Gasteiger partial charge in [0.05, 0.1) is 5.75 Å². The summed E-state index contributed by atoms with van der Waals surface area (Å²) in [4.78, 5) is 2.46. The zero-order valence-corrected chi connectivity index (χ0v) is 18.0. The highest BCUT2D eigenvalue weighted by atomic mass is 35.5. The maximum atomic E-state index is 13.2. The molecular formula is C20H34ClN3O2S. The highest BCUT2D eigenvalue weighted by molar-refractivity contribution is 7.88. The number of rotatable bonds is 8. The highest BCUT2D eigenvalue weighted by Crippen LogP contribution is 2.20. The molecule has 1 unspecified atom stereocenters. The fourth-order valence-corrected chi connectivity index (χ4v) is 5.88. The summed E-state index contributed by atoms with van der Waals surface area (Å²) in [5.41, 5.74) is 2.04. The first-order valence-electron chi connectivity index (χ1n) is 10.0. The molecule has 27 heavy (non-hydrogen) atoms. The maximum absolute atomic E-state index is 13.2. The standard InChI is InChI=1S/C20H33N3O2S.ClH/c1-18-7-9-19(10-8-18)17-26(24,25)23(20-6-4-11-21-16-20)15-5-14-22-12-2-3-13-22;/h7-10,20-21H,2-6,11-17H2,1H3;1H. The van der Waals surface area contributed by atoms with E-state index in [0.29, 0.717) is 6.54 Å². The largest absolute Gasteiger partial charge is 0.315 e. The Kier molecular flexibility index (Phi) is 9.02. The van der Waals surface area contributed by atoms with Gasteiger partial charge in [-0.25, -0.2) is 8.42 Å². The van der Waals surface area contributed by atoms with E-state index in [1.807, 2.05) is 31.2 Å². The second-order valence-electron chi connectivity index (χ2n) is 7.76. The van der Waals surface area contributed by atoms with Gasteiger partial charge < -0.3 is 10.2 Å². The molecule has 2 heterocycles. The first kappa shape index (κ1) is 22.6. The smallest absolute Gasteiger partial charge is 0.218 e. The van der Waals surface area contributed by atoms with Crippen molar-refractivity contribution in [3.63, 3.8) is 0 Å². The van der Waals surface area contributed by atoms with Crippen LogP contribution in [0.4, 0.5) is 0 Å². The monoisotopic (exact) mass is 415 g/mol. The Morgan fingerprint density at radius 2 is 1.85 bits per heavy atom. The van der Waals surface area contributed by atoms with Crippen molar-refractivity contribution in [3.8, 4) is 0 Å². The van der Waals surface area contributed by atoms with Gasteiger partial charge in [0.25, 0.3) is 0 Å². The number of hydrogen-bond acceptors (Lipinski definition) is 4. The van der Waals surface area contributed by atoms with Crippen molar-refractivity contribution < 1.29 is 8.42 Å². The van der Waals surface area contributed by atoms with Crippen molar-refractivity contribution in [3.05, 3.63) is 35.4 Å². The molecule has 2 aliphatic heterocycles. The average Bonchev–Trinajstić information content (AvgIpc) is 3.14. The van der Waals surface area contributed by atoms with Crippen LogP contribution >= 0.6 is 12.4 Å². The molecule has 3 rings (SSSR count). The van der Waals surface area contributed by atoms with Gasteiger partial charge in [-0.1, -0.05) is 29.8 Å². The third kappa shape index (κ3) is 6.71. The molecule has 2 aliphatic rings. The molecule has 0 bridgehead atoms. The fourth-order valence-electron chi connectivity index (χ4n) is 4.06. The number of nitrogens with one attached hydrogen (secondary N) is 1. The van der Waals surface area contributed by atoms with Crippen molar-refractivity contribution in [2.24, 2.45) is 0 Å². The first-order chi connectivity index (χ1) is 12.5. The first-order valence-corrected chi connectivity index (χ1v) is 11.6. The predicted molar refractivity (Wildman–Crippen MR) is 114 cm³/mol. The second kappa shape index (κ2) is 10.8. The summed E-state index contributed by atoms with van der Waals surface area (Å²) in [7, 11) is -3.31. The summed E-state index contributed by atoms with van der Waals surface area (Å²) in [5, 5.41) is 3.37. The van der Waals surface area contributed by atoms with E-state index >= 15 is 0 Å². The van der Waals surface area contributed by atoms with E-state index in [1.54, 1.807) is 4.31 Å². The molecule has 1 aromatic rings. The van der Waals surface area contributed by atoms with Gasteiger partial charge in [-0.05, 0) is 70.8 Å². The van der Waals surface area contributed by atoms with Gasteiger partial charge in [0.2, 0.25) is 10.0 Å². The van der Waals surface area contributed by atoms with Crippen molar-refractivity contribution in [1.82, 2.24) is 14.5 Å². The lowest BCUT2D eigenvalue weighted by Gasteiger charge is -2.34. The quantitative estimate of drug-likeness (QED) is 0.709. The van der Waals surface area contributed by atoms with Crippen LogP contribution in [0.1, 0.15) is 43.2 Å². The summed E-state index contributed by atoms with van der Waals surface area (Å²) >= 11 is 0. The Labute approximate surface area is 171 Å². The van der Waals surface area contributed by atoms with Crippen LogP contribution in [-0.4, -0.2) is 62.9 Å². The van der Waals surface area contributed by atoms with Gasteiger partial charge in [-0.3, -0.25) is 0 Å². The number of benzene rings is 1. The van der Waals surface area contributed by atoms with E-state index in [0.717, 1.165) is 50.0 Å². The minimum atomic E-state index is -3.31. The van der Waals surface area contributed by atoms with Crippen molar-refractivity contribution >= 4 is 22.4 Å². The van der Waals surface area contributed by atoms with Gasteiger partial charge in [-0.15, -0.1) is 12.4 Å².